The van der Waals surface area contributed by atoms with E-state index in [4.69, 9.17) is 19.9 Å². The summed E-state index contributed by atoms with van der Waals surface area (Å²) >= 11 is 0. The highest BCUT2D eigenvalue weighted by atomic mass is 19.1. The van der Waals surface area contributed by atoms with Crippen LogP contribution in [0.2, 0.25) is 0 Å². The van der Waals surface area contributed by atoms with E-state index in [9.17, 15) is 13.6 Å². The Bertz CT molecular complexity index is 1420. The molecule has 0 bridgehead atoms. The molecule has 0 amide bonds. The molecule has 0 aliphatic carbocycles. The topological polar surface area (TPSA) is 114 Å². The third kappa shape index (κ3) is 4.16. The quantitative estimate of drug-likeness (QED) is 0.354. The van der Waals surface area contributed by atoms with Gasteiger partial charge in [0, 0.05) is 6.07 Å². The summed E-state index contributed by atoms with van der Waals surface area (Å²) in [6, 6.07) is 10.1. The van der Waals surface area contributed by atoms with Gasteiger partial charge in [0.05, 0.1) is 14.2 Å². The normalized spacial score (nSPS) is 10.5. The Morgan fingerprint density at radius 2 is 1.76 bits per heavy atom. The molecule has 0 spiro atoms. The molecular formula is C23H17F2N5O4. The molecule has 0 aliphatic heterocycles. The van der Waals surface area contributed by atoms with Crippen LogP contribution in [-0.4, -0.2) is 39.8 Å². The Hall–Kier alpha value is -4.72. The van der Waals surface area contributed by atoms with Gasteiger partial charge in [-0.05, 0) is 11.5 Å². The zero-order valence-corrected chi connectivity index (χ0v) is 18.0. The van der Waals surface area contributed by atoms with Crippen molar-refractivity contribution in [3.05, 3.63) is 77.0 Å². The molecule has 0 aliphatic rings. The van der Waals surface area contributed by atoms with Crippen molar-refractivity contribution in [2.24, 2.45) is 0 Å². The monoisotopic (exact) mass is 465 g/mol. The summed E-state index contributed by atoms with van der Waals surface area (Å²) in [5, 5.41) is 3.99. The highest BCUT2D eigenvalue weighted by Crippen LogP contribution is 2.30. The number of halogens is 2. The summed E-state index contributed by atoms with van der Waals surface area (Å²) in [5.74, 6) is 1.28. The lowest BCUT2D eigenvalue weighted by molar-refractivity contribution is 0.0455. The minimum Gasteiger partial charge on any atom is -0.493 e. The summed E-state index contributed by atoms with van der Waals surface area (Å²) in [7, 11) is 2.45. The van der Waals surface area contributed by atoms with Crippen molar-refractivity contribution in [3.63, 3.8) is 0 Å². The van der Waals surface area contributed by atoms with Gasteiger partial charge in [-0.15, -0.1) is 0 Å². The second-order valence-electron chi connectivity index (χ2n) is 6.79. The van der Waals surface area contributed by atoms with Gasteiger partial charge < -0.3 is 19.9 Å². The Morgan fingerprint density at radius 1 is 1.09 bits per heavy atom. The van der Waals surface area contributed by atoms with Crippen molar-refractivity contribution in [2.75, 3.05) is 20.0 Å². The fourth-order valence-electron chi connectivity index (χ4n) is 3.08. The van der Waals surface area contributed by atoms with Crippen molar-refractivity contribution in [3.8, 4) is 23.3 Å². The lowest BCUT2D eigenvalue weighted by atomic mass is 10.1. The Labute approximate surface area is 192 Å². The number of ether oxygens (including phenoxy) is 3. The zero-order chi connectivity index (χ0) is 24.2. The van der Waals surface area contributed by atoms with Gasteiger partial charge in [0.2, 0.25) is 5.82 Å². The average molecular weight is 465 g/mol. The Morgan fingerprint density at radius 3 is 2.41 bits per heavy atom. The number of nitrogen functional groups attached to an aromatic ring is 1. The molecule has 34 heavy (non-hydrogen) atoms. The molecule has 0 unspecified atom stereocenters. The maximum Gasteiger partial charge on any atom is 0.376 e. The fourth-order valence-corrected chi connectivity index (χ4v) is 3.08. The van der Waals surface area contributed by atoms with E-state index >= 15 is 0 Å². The molecule has 2 aromatic heterocycles. The van der Waals surface area contributed by atoms with Gasteiger partial charge in [0.25, 0.3) is 0 Å². The first kappa shape index (κ1) is 22.5. The second kappa shape index (κ2) is 9.41. The first-order valence-corrected chi connectivity index (χ1v) is 9.76. The summed E-state index contributed by atoms with van der Waals surface area (Å²) in [6.45, 7) is -0.00378. The van der Waals surface area contributed by atoms with Crippen molar-refractivity contribution >= 4 is 17.3 Å². The van der Waals surface area contributed by atoms with E-state index in [1.807, 2.05) is 18.2 Å². The van der Waals surface area contributed by atoms with Crippen molar-refractivity contribution in [1.29, 1.82) is 0 Å². The number of hydrogen-bond donors (Lipinski definition) is 1. The molecule has 9 nitrogen and oxygen atoms in total. The number of benzene rings is 2. The van der Waals surface area contributed by atoms with Crippen LogP contribution in [0.25, 0.3) is 5.52 Å². The number of anilines is 1. The zero-order valence-electron chi connectivity index (χ0n) is 18.0. The smallest absolute Gasteiger partial charge is 0.376 e. The molecule has 0 saturated heterocycles. The summed E-state index contributed by atoms with van der Waals surface area (Å²) in [4.78, 5) is 20.7. The predicted molar refractivity (Wildman–Crippen MR) is 116 cm³/mol. The molecule has 2 N–H and O–H groups in total. The third-order valence-corrected chi connectivity index (χ3v) is 4.74. The molecule has 4 aromatic rings. The molecule has 2 heterocycles. The first-order valence-electron chi connectivity index (χ1n) is 9.76. The number of rotatable bonds is 5. The predicted octanol–water partition coefficient (Wildman–Crippen LogP) is 2.76. The maximum absolute atomic E-state index is 14.7. The molecule has 0 saturated carbocycles. The maximum atomic E-state index is 14.7. The molecule has 172 valence electrons. The number of esters is 1. The number of nitrogens with two attached hydrogens (primary N) is 1. The third-order valence-electron chi connectivity index (χ3n) is 4.74. The first-order chi connectivity index (χ1) is 16.4. The minimum atomic E-state index is -1.02. The van der Waals surface area contributed by atoms with E-state index in [1.54, 1.807) is 12.1 Å². The van der Waals surface area contributed by atoms with E-state index in [0.29, 0.717) is 0 Å². The second-order valence-corrected chi connectivity index (χ2v) is 6.79. The molecule has 0 fully saturated rings. The van der Waals surface area contributed by atoms with Gasteiger partial charge >= 0.3 is 5.97 Å². The van der Waals surface area contributed by atoms with Gasteiger partial charge in [0.15, 0.2) is 29.0 Å². The fraction of sp³-hybridized carbons (Fsp3) is 0.130. The van der Waals surface area contributed by atoms with Crippen LogP contribution in [0, 0.1) is 23.5 Å². The standard InChI is InChI=1S/C23H17F2N5O4/c1-32-16-10-17(33-2)19(25)14(18(16)24)8-9-15-20-21(26)27-12-28-30(20)22(29-15)23(31)34-11-13-6-4-3-5-7-13/h3-7,10,12H,11H2,1-2H3,(H2,26,27,28). The lowest BCUT2D eigenvalue weighted by Gasteiger charge is -2.08. The summed E-state index contributed by atoms with van der Waals surface area (Å²) < 4.78 is 45.6. The van der Waals surface area contributed by atoms with E-state index in [1.165, 1.54) is 14.2 Å². The number of carbonyl (C=O) groups excluding carboxylic acids is 1. The largest absolute Gasteiger partial charge is 0.493 e. The van der Waals surface area contributed by atoms with Gasteiger partial charge in [-0.2, -0.15) is 5.10 Å². The van der Waals surface area contributed by atoms with E-state index < -0.39 is 23.2 Å². The molecule has 11 heteroatoms. The SMILES string of the molecule is COc1cc(OC)c(F)c(C#Cc2nc(C(=O)OCc3ccccc3)n3ncnc(N)c23)c1F. The van der Waals surface area contributed by atoms with Crippen LogP contribution >= 0.6 is 0 Å². The number of hydrogen-bond acceptors (Lipinski definition) is 8. The average Bonchev–Trinajstić information content (AvgIpc) is 3.23. The van der Waals surface area contributed by atoms with Crippen LogP contribution in [0.4, 0.5) is 14.6 Å². The Kier molecular flexibility index (Phi) is 6.22. The van der Waals surface area contributed by atoms with E-state index in [0.717, 1.165) is 22.5 Å². The van der Waals surface area contributed by atoms with Crippen molar-refractivity contribution in [2.45, 2.75) is 6.61 Å². The molecular weight excluding hydrogens is 448 g/mol. The van der Waals surface area contributed by atoms with Crippen LogP contribution < -0.4 is 15.2 Å². The highest BCUT2D eigenvalue weighted by Gasteiger charge is 2.22. The summed E-state index contributed by atoms with van der Waals surface area (Å²) in [5.41, 5.74) is 6.10. The summed E-state index contributed by atoms with van der Waals surface area (Å²) in [6.07, 6.45) is 1.13. The molecule has 0 atom stereocenters. The van der Waals surface area contributed by atoms with Crippen LogP contribution in [0.1, 0.15) is 27.4 Å². The van der Waals surface area contributed by atoms with Crippen molar-refractivity contribution < 1.29 is 27.8 Å². The van der Waals surface area contributed by atoms with E-state index in [-0.39, 0.29) is 41.0 Å². The highest BCUT2D eigenvalue weighted by molar-refractivity contribution is 5.89. The van der Waals surface area contributed by atoms with Crippen molar-refractivity contribution in [1.82, 2.24) is 19.6 Å². The number of methoxy groups -OCH3 is 2. The van der Waals surface area contributed by atoms with E-state index in [2.05, 4.69) is 26.9 Å². The van der Waals surface area contributed by atoms with Crippen LogP contribution in [0.15, 0.2) is 42.7 Å². The van der Waals surface area contributed by atoms with Crippen LogP contribution in [0.3, 0.4) is 0 Å². The number of imidazole rings is 1. The van der Waals surface area contributed by atoms with Gasteiger partial charge in [-0.3, -0.25) is 0 Å². The molecule has 2 aromatic carbocycles. The lowest BCUT2D eigenvalue weighted by Crippen LogP contribution is -2.12. The van der Waals surface area contributed by atoms with Crippen LogP contribution in [0.5, 0.6) is 11.5 Å². The molecule has 4 rings (SSSR count). The Balaban J connectivity index is 1.76. The number of carbonyl (C=O) groups is 1. The van der Waals surface area contributed by atoms with Gasteiger partial charge in [0.1, 0.15) is 29.7 Å². The number of nitrogens with zero attached hydrogens (tertiary/aromatic N) is 4. The number of fused-ring (bicyclic) bond motifs is 1. The van der Waals surface area contributed by atoms with Crippen LogP contribution in [-0.2, 0) is 11.3 Å². The van der Waals surface area contributed by atoms with Gasteiger partial charge in [-0.25, -0.2) is 28.1 Å². The molecule has 0 radical (unpaired) electrons. The minimum absolute atomic E-state index is 0.00378. The number of aromatic nitrogens is 4. The van der Waals surface area contributed by atoms with Gasteiger partial charge in [-0.1, -0.05) is 36.3 Å².